The Balaban J connectivity index is 1.90. The Labute approximate surface area is 111 Å². The van der Waals surface area contributed by atoms with Gasteiger partial charge in [-0.2, -0.15) is 0 Å². The van der Waals surface area contributed by atoms with E-state index in [0.717, 1.165) is 11.4 Å². The molecule has 2 aromatic rings. The molecule has 0 aliphatic carbocycles. The minimum Gasteiger partial charge on any atom is -0.399 e. The summed E-state index contributed by atoms with van der Waals surface area (Å²) in [5, 5.41) is 3.86. The van der Waals surface area contributed by atoms with E-state index in [9.17, 15) is 4.39 Å². The first kappa shape index (κ1) is 12.7. The molecule has 0 saturated carbocycles. The van der Waals surface area contributed by atoms with Crippen LogP contribution in [0, 0.1) is 5.82 Å². The summed E-state index contributed by atoms with van der Waals surface area (Å²) >= 11 is 5.81. The van der Waals surface area contributed by atoms with Crippen molar-refractivity contribution in [1.82, 2.24) is 0 Å². The number of nitrogens with two attached hydrogens (primary N) is 1. The van der Waals surface area contributed by atoms with Crippen LogP contribution in [0.25, 0.3) is 0 Å². The smallest absolute Gasteiger partial charge is 0.127 e. The van der Waals surface area contributed by atoms with Gasteiger partial charge >= 0.3 is 0 Å². The van der Waals surface area contributed by atoms with E-state index in [1.165, 1.54) is 17.7 Å². The van der Waals surface area contributed by atoms with Gasteiger partial charge in [0.05, 0.1) is 0 Å². The summed E-state index contributed by atoms with van der Waals surface area (Å²) in [5.41, 5.74) is 7.86. The van der Waals surface area contributed by atoms with Crippen LogP contribution in [-0.4, -0.2) is 6.54 Å². The zero-order chi connectivity index (χ0) is 13.0. The van der Waals surface area contributed by atoms with Crippen LogP contribution in [0.1, 0.15) is 5.56 Å². The third-order valence-corrected chi connectivity index (χ3v) is 2.83. The van der Waals surface area contributed by atoms with E-state index in [0.29, 0.717) is 17.9 Å². The number of nitrogen functional groups attached to an aromatic ring is 1. The molecule has 0 fully saturated rings. The first-order valence-electron chi connectivity index (χ1n) is 5.68. The molecule has 0 spiro atoms. The number of halogens is 2. The average molecular weight is 265 g/mol. The molecule has 0 radical (unpaired) electrons. The Bertz CT molecular complexity index is 506. The topological polar surface area (TPSA) is 38.0 Å². The van der Waals surface area contributed by atoms with Crippen molar-refractivity contribution in [2.45, 2.75) is 6.42 Å². The van der Waals surface area contributed by atoms with Gasteiger partial charge in [0.25, 0.3) is 0 Å². The molecule has 0 amide bonds. The number of nitrogens with one attached hydrogen (secondary N) is 1. The van der Waals surface area contributed by atoms with Gasteiger partial charge < -0.3 is 11.1 Å². The molecule has 0 bridgehead atoms. The Morgan fingerprint density at radius 2 is 1.83 bits per heavy atom. The fraction of sp³-hybridized carbons (Fsp3) is 0.143. The van der Waals surface area contributed by atoms with Gasteiger partial charge in [-0.15, -0.1) is 0 Å². The van der Waals surface area contributed by atoms with Gasteiger partial charge in [-0.05, 0) is 42.3 Å². The van der Waals surface area contributed by atoms with E-state index in [4.69, 9.17) is 17.3 Å². The third kappa shape index (κ3) is 3.64. The van der Waals surface area contributed by atoms with Crippen LogP contribution >= 0.6 is 11.6 Å². The maximum atomic E-state index is 13.1. The van der Waals surface area contributed by atoms with Gasteiger partial charge in [0.2, 0.25) is 0 Å². The molecule has 2 aromatic carbocycles. The number of benzene rings is 2. The maximum Gasteiger partial charge on any atom is 0.127 e. The van der Waals surface area contributed by atoms with Crippen molar-refractivity contribution < 1.29 is 4.39 Å². The number of rotatable bonds is 4. The predicted molar refractivity (Wildman–Crippen MR) is 74.5 cm³/mol. The zero-order valence-electron chi connectivity index (χ0n) is 9.79. The number of hydrogen-bond donors (Lipinski definition) is 2. The van der Waals surface area contributed by atoms with Crippen LogP contribution < -0.4 is 11.1 Å². The van der Waals surface area contributed by atoms with Gasteiger partial charge in [0.15, 0.2) is 0 Å². The van der Waals surface area contributed by atoms with Gasteiger partial charge in [-0.25, -0.2) is 4.39 Å². The molecule has 0 heterocycles. The lowest BCUT2D eigenvalue weighted by molar-refractivity contribution is 0.629. The second-order valence-electron chi connectivity index (χ2n) is 4.08. The summed E-state index contributed by atoms with van der Waals surface area (Å²) in [5.74, 6) is -0.330. The molecule has 18 heavy (non-hydrogen) atoms. The number of anilines is 2. The predicted octanol–water partition coefficient (Wildman–Crippen LogP) is 3.72. The van der Waals surface area contributed by atoms with Crippen LogP contribution in [0.2, 0.25) is 5.02 Å². The van der Waals surface area contributed by atoms with Crippen molar-refractivity contribution in [1.29, 1.82) is 0 Å². The van der Waals surface area contributed by atoms with Crippen molar-refractivity contribution in [2.75, 3.05) is 17.6 Å². The fourth-order valence-corrected chi connectivity index (χ4v) is 1.84. The lowest BCUT2D eigenvalue weighted by Crippen LogP contribution is -2.05. The summed E-state index contributed by atoms with van der Waals surface area (Å²) in [7, 11) is 0. The van der Waals surface area contributed by atoms with Crippen LogP contribution in [0.15, 0.2) is 42.5 Å². The summed E-state index contributed by atoms with van der Waals surface area (Å²) in [4.78, 5) is 0. The fourth-order valence-electron chi connectivity index (χ4n) is 1.72. The highest BCUT2D eigenvalue weighted by molar-refractivity contribution is 6.30. The van der Waals surface area contributed by atoms with E-state index in [1.54, 1.807) is 6.07 Å². The molecule has 4 heteroatoms. The van der Waals surface area contributed by atoms with Crippen molar-refractivity contribution in [3.63, 3.8) is 0 Å². The van der Waals surface area contributed by atoms with Crippen molar-refractivity contribution in [2.24, 2.45) is 0 Å². The standard InChI is InChI=1S/C14H14ClFN2/c15-11-3-1-10(2-4-11)5-6-18-14-8-12(16)7-13(17)9-14/h1-4,7-9,18H,5-6,17H2. The molecule has 2 rings (SSSR count). The van der Waals surface area contributed by atoms with Crippen molar-refractivity contribution in [3.8, 4) is 0 Å². The molecular formula is C14H14ClFN2. The molecule has 0 aromatic heterocycles. The second kappa shape index (κ2) is 5.74. The highest BCUT2D eigenvalue weighted by Crippen LogP contribution is 2.15. The van der Waals surface area contributed by atoms with E-state index in [2.05, 4.69) is 5.32 Å². The first-order chi connectivity index (χ1) is 8.63. The van der Waals surface area contributed by atoms with Gasteiger partial charge in [-0.3, -0.25) is 0 Å². The summed E-state index contributed by atoms with van der Waals surface area (Å²) < 4.78 is 13.1. The molecule has 0 aliphatic rings. The summed E-state index contributed by atoms with van der Waals surface area (Å²) in [6, 6.07) is 12.1. The van der Waals surface area contributed by atoms with Crippen LogP contribution in [-0.2, 0) is 6.42 Å². The number of hydrogen-bond acceptors (Lipinski definition) is 2. The zero-order valence-corrected chi connectivity index (χ0v) is 10.5. The third-order valence-electron chi connectivity index (χ3n) is 2.58. The van der Waals surface area contributed by atoms with Crippen molar-refractivity contribution >= 4 is 23.0 Å². The first-order valence-corrected chi connectivity index (χ1v) is 6.06. The average Bonchev–Trinajstić information content (AvgIpc) is 2.30. The molecule has 94 valence electrons. The second-order valence-corrected chi connectivity index (χ2v) is 4.51. The highest BCUT2D eigenvalue weighted by atomic mass is 35.5. The minimum atomic E-state index is -0.330. The van der Waals surface area contributed by atoms with Crippen LogP contribution in [0.4, 0.5) is 15.8 Å². The molecular weight excluding hydrogens is 251 g/mol. The lowest BCUT2D eigenvalue weighted by atomic mass is 10.1. The lowest BCUT2D eigenvalue weighted by Gasteiger charge is -2.07. The Hall–Kier alpha value is -1.74. The summed E-state index contributed by atoms with van der Waals surface area (Å²) in [6.45, 7) is 0.713. The van der Waals surface area contributed by atoms with Gasteiger partial charge in [0.1, 0.15) is 5.82 Å². The monoisotopic (exact) mass is 264 g/mol. The Morgan fingerprint density at radius 3 is 2.50 bits per heavy atom. The molecule has 0 atom stereocenters. The molecule has 0 unspecified atom stereocenters. The molecule has 2 nitrogen and oxygen atoms in total. The van der Waals surface area contributed by atoms with E-state index >= 15 is 0 Å². The molecule has 0 aliphatic heterocycles. The normalized spacial score (nSPS) is 10.3. The van der Waals surface area contributed by atoms with E-state index in [-0.39, 0.29) is 5.82 Å². The van der Waals surface area contributed by atoms with Crippen molar-refractivity contribution in [3.05, 3.63) is 58.9 Å². The molecule has 0 saturated heterocycles. The van der Waals surface area contributed by atoms with Gasteiger partial charge in [-0.1, -0.05) is 23.7 Å². The summed E-state index contributed by atoms with van der Waals surface area (Å²) in [6.07, 6.45) is 0.841. The Morgan fingerprint density at radius 1 is 1.11 bits per heavy atom. The molecule has 3 N–H and O–H groups in total. The SMILES string of the molecule is Nc1cc(F)cc(NCCc2ccc(Cl)cc2)c1. The van der Waals surface area contributed by atoms with E-state index < -0.39 is 0 Å². The van der Waals surface area contributed by atoms with E-state index in [1.807, 2.05) is 24.3 Å². The highest BCUT2D eigenvalue weighted by Gasteiger charge is 1.98. The quantitative estimate of drug-likeness (QED) is 0.826. The minimum absolute atomic E-state index is 0.330. The largest absolute Gasteiger partial charge is 0.399 e. The Kier molecular flexibility index (Phi) is 4.05. The maximum absolute atomic E-state index is 13.1. The van der Waals surface area contributed by atoms with Crippen LogP contribution in [0.5, 0.6) is 0 Å². The van der Waals surface area contributed by atoms with Gasteiger partial charge in [0, 0.05) is 22.9 Å². The van der Waals surface area contributed by atoms with Crippen LogP contribution in [0.3, 0.4) is 0 Å².